The summed E-state index contributed by atoms with van der Waals surface area (Å²) in [5, 5.41) is 7.00. The van der Waals surface area contributed by atoms with E-state index in [0.29, 0.717) is 31.2 Å². The molecule has 1 aromatic heterocycles. The highest BCUT2D eigenvalue weighted by atomic mass is 32.2. The summed E-state index contributed by atoms with van der Waals surface area (Å²) < 4.78 is 34.7. The minimum absolute atomic E-state index is 0.104. The minimum Gasteiger partial charge on any atom is -0.496 e. The molecule has 1 aliphatic heterocycles. The third-order valence-corrected chi connectivity index (χ3v) is 6.91. The second-order valence-electron chi connectivity index (χ2n) is 7.07. The largest absolute Gasteiger partial charge is 0.496 e. The lowest BCUT2D eigenvalue weighted by atomic mass is 10.2. The summed E-state index contributed by atoms with van der Waals surface area (Å²) in [6.07, 6.45) is 6.26. The predicted octanol–water partition coefficient (Wildman–Crippen LogP) is 3.12. The van der Waals surface area contributed by atoms with Gasteiger partial charge in [0.25, 0.3) is 5.91 Å². The number of amides is 1. The second-order valence-corrected chi connectivity index (χ2v) is 9.01. The van der Waals surface area contributed by atoms with Gasteiger partial charge in [0.15, 0.2) is 0 Å². The standard InChI is InChI=1S/C20H28N4O4S/c1-3-12-24-19(10-11-21-24)22-20(25)17-15-16(8-9-18(17)28-2)29(26,27)23-13-6-4-5-7-14-23/h8-11,15H,3-7,12-14H2,1-2H3,(H,22,25). The molecule has 0 saturated carbocycles. The number of hydrogen-bond donors (Lipinski definition) is 1. The first kappa shape index (κ1) is 21.3. The van der Waals surface area contributed by atoms with Crippen LogP contribution < -0.4 is 10.1 Å². The van der Waals surface area contributed by atoms with Crippen LogP contribution in [0.25, 0.3) is 0 Å². The molecule has 8 nitrogen and oxygen atoms in total. The first-order chi connectivity index (χ1) is 14.0. The van der Waals surface area contributed by atoms with E-state index in [1.54, 1.807) is 16.9 Å². The van der Waals surface area contributed by atoms with Crippen LogP contribution in [0.15, 0.2) is 35.4 Å². The number of carbonyl (C=O) groups excluding carboxylic acids is 1. The lowest BCUT2D eigenvalue weighted by Gasteiger charge is -2.20. The average Bonchev–Trinajstić information content (AvgIpc) is 2.97. The lowest BCUT2D eigenvalue weighted by Crippen LogP contribution is -2.32. The molecule has 2 aromatic rings. The van der Waals surface area contributed by atoms with Crippen molar-refractivity contribution in [1.82, 2.24) is 14.1 Å². The summed E-state index contributed by atoms with van der Waals surface area (Å²) in [5.41, 5.74) is 0.174. The summed E-state index contributed by atoms with van der Waals surface area (Å²) in [7, 11) is -2.21. The molecule has 158 valence electrons. The van der Waals surface area contributed by atoms with Crippen molar-refractivity contribution >= 4 is 21.7 Å². The molecule has 1 saturated heterocycles. The van der Waals surface area contributed by atoms with Gasteiger partial charge in [-0.3, -0.25) is 4.79 Å². The van der Waals surface area contributed by atoms with E-state index in [1.165, 1.54) is 29.6 Å². The van der Waals surface area contributed by atoms with Crippen molar-refractivity contribution in [2.24, 2.45) is 0 Å². The molecule has 9 heteroatoms. The van der Waals surface area contributed by atoms with Crippen LogP contribution in [0.2, 0.25) is 0 Å². The van der Waals surface area contributed by atoms with Crippen LogP contribution in [-0.2, 0) is 16.6 Å². The number of hydrogen-bond acceptors (Lipinski definition) is 5. The fourth-order valence-electron chi connectivity index (χ4n) is 3.47. The first-order valence-corrected chi connectivity index (χ1v) is 11.4. The fraction of sp³-hybridized carbons (Fsp3) is 0.500. The predicted molar refractivity (Wildman–Crippen MR) is 111 cm³/mol. The summed E-state index contributed by atoms with van der Waals surface area (Å²) in [5.74, 6) is 0.436. The zero-order valence-corrected chi connectivity index (χ0v) is 17.7. The number of carbonyl (C=O) groups is 1. The summed E-state index contributed by atoms with van der Waals surface area (Å²) >= 11 is 0. The van der Waals surface area contributed by atoms with Crippen LogP contribution in [0.1, 0.15) is 49.4 Å². The molecule has 0 unspecified atom stereocenters. The van der Waals surface area contributed by atoms with Crippen molar-refractivity contribution in [3.05, 3.63) is 36.0 Å². The molecule has 0 bridgehead atoms. The fourth-order valence-corrected chi connectivity index (χ4v) is 5.01. The van der Waals surface area contributed by atoms with Crippen LogP contribution in [0.4, 0.5) is 5.82 Å². The van der Waals surface area contributed by atoms with Gasteiger partial charge in [-0.1, -0.05) is 19.8 Å². The highest BCUT2D eigenvalue weighted by molar-refractivity contribution is 7.89. The molecule has 0 atom stereocenters. The number of sulfonamides is 1. The van der Waals surface area contributed by atoms with E-state index in [1.807, 2.05) is 6.92 Å². The highest BCUT2D eigenvalue weighted by Crippen LogP contribution is 2.27. The molecule has 1 aromatic carbocycles. The topological polar surface area (TPSA) is 93.5 Å². The van der Waals surface area contributed by atoms with E-state index in [0.717, 1.165) is 32.1 Å². The Morgan fingerprint density at radius 1 is 1.17 bits per heavy atom. The zero-order chi connectivity index (χ0) is 20.9. The van der Waals surface area contributed by atoms with Crippen molar-refractivity contribution in [2.45, 2.75) is 50.5 Å². The molecule has 0 radical (unpaired) electrons. The third kappa shape index (κ3) is 4.79. The number of aromatic nitrogens is 2. The molecule has 2 heterocycles. The number of nitrogens with one attached hydrogen (secondary N) is 1. The summed E-state index contributed by atoms with van der Waals surface area (Å²) in [4.78, 5) is 13.0. The van der Waals surface area contributed by atoms with E-state index in [4.69, 9.17) is 4.74 Å². The van der Waals surface area contributed by atoms with Gasteiger partial charge in [0.1, 0.15) is 11.6 Å². The maximum absolute atomic E-state index is 13.1. The number of rotatable bonds is 7. The van der Waals surface area contributed by atoms with Gasteiger partial charge in [-0.25, -0.2) is 13.1 Å². The monoisotopic (exact) mass is 420 g/mol. The number of anilines is 1. The van der Waals surface area contributed by atoms with Crippen LogP contribution in [0.5, 0.6) is 5.75 Å². The van der Waals surface area contributed by atoms with E-state index >= 15 is 0 Å². The summed E-state index contributed by atoms with van der Waals surface area (Å²) in [6, 6.07) is 6.13. The Hall–Kier alpha value is -2.39. The van der Waals surface area contributed by atoms with Crippen LogP contribution >= 0.6 is 0 Å². The molecule has 29 heavy (non-hydrogen) atoms. The van der Waals surface area contributed by atoms with Crippen molar-refractivity contribution in [2.75, 3.05) is 25.5 Å². The maximum Gasteiger partial charge on any atom is 0.260 e. The number of methoxy groups -OCH3 is 1. The SMILES string of the molecule is CCCn1nccc1NC(=O)c1cc(S(=O)(=O)N2CCCCCC2)ccc1OC. The van der Waals surface area contributed by atoms with Crippen molar-refractivity contribution in [1.29, 1.82) is 0 Å². The first-order valence-electron chi connectivity index (χ1n) is 9.98. The van der Waals surface area contributed by atoms with E-state index in [-0.39, 0.29) is 10.5 Å². The Bertz CT molecular complexity index is 947. The Kier molecular flexibility index (Phi) is 6.92. The third-order valence-electron chi connectivity index (χ3n) is 5.01. The van der Waals surface area contributed by atoms with E-state index in [2.05, 4.69) is 10.4 Å². The second kappa shape index (κ2) is 9.41. The average molecular weight is 421 g/mol. The van der Waals surface area contributed by atoms with Gasteiger partial charge in [-0.05, 0) is 37.5 Å². The zero-order valence-electron chi connectivity index (χ0n) is 16.9. The molecule has 3 rings (SSSR count). The molecular formula is C20H28N4O4S. The maximum atomic E-state index is 13.1. The van der Waals surface area contributed by atoms with Gasteiger partial charge >= 0.3 is 0 Å². The molecule has 1 aliphatic rings. The quantitative estimate of drug-likeness (QED) is 0.743. The van der Waals surface area contributed by atoms with Crippen LogP contribution in [0.3, 0.4) is 0 Å². The molecular weight excluding hydrogens is 392 g/mol. The smallest absolute Gasteiger partial charge is 0.260 e. The molecule has 1 N–H and O–H groups in total. The van der Waals surface area contributed by atoms with E-state index < -0.39 is 15.9 Å². The van der Waals surface area contributed by atoms with Crippen LogP contribution in [0, 0.1) is 0 Å². The van der Waals surface area contributed by atoms with Crippen LogP contribution in [-0.4, -0.2) is 48.6 Å². The molecule has 1 amide bonds. The number of ether oxygens (including phenoxy) is 1. The summed E-state index contributed by atoms with van der Waals surface area (Å²) in [6.45, 7) is 3.70. The highest BCUT2D eigenvalue weighted by Gasteiger charge is 2.27. The Morgan fingerprint density at radius 3 is 2.55 bits per heavy atom. The van der Waals surface area contributed by atoms with Gasteiger partial charge in [-0.15, -0.1) is 0 Å². The normalized spacial score (nSPS) is 15.7. The Labute approximate surface area is 171 Å². The number of benzene rings is 1. The van der Waals surface area contributed by atoms with E-state index in [9.17, 15) is 13.2 Å². The molecule has 1 fully saturated rings. The van der Waals surface area contributed by atoms with Crippen molar-refractivity contribution in [3.8, 4) is 5.75 Å². The minimum atomic E-state index is -3.66. The number of nitrogens with zero attached hydrogens (tertiary/aromatic N) is 3. The van der Waals surface area contributed by atoms with Gasteiger partial charge in [-0.2, -0.15) is 9.40 Å². The Morgan fingerprint density at radius 2 is 1.90 bits per heavy atom. The lowest BCUT2D eigenvalue weighted by molar-refractivity contribution is 0.102. The van der Waals surface area contributed by atoms with Gasteiger partial charge in [0, 0.05) is 25.7 Å². The van der Waals surface area contributed by atoms with Crippen molar-refractivity contribution < 1.29 is 17.9 Å². The molecule has 0 aliphatic carbocycles. The Balaban J connectivity index is 1.90. The molecule has 0 spiro atoms. The van der Waals surface area contributed by atoms with Gasteiger partial charge < -0.3 is 10.1 Å². The van der Waals surface area contributed by atoms with Gasteiger partial charge in [0.05, 0.1) is 23.8 Å². The number of aryl methyl sites for hydroxylation is 1. The van der Waals surface area contributed by atoms with Crippen molar-refractivity contribution in [3.63, 3.8) is 0 Å². The van der Waals surface area contributed by atoms with Gasteiger partial charge in [0.2, 0.25) is 10.0 Å².